The molecule has 1 aliphatic heterocycles. The number of hydrogen-bond donors (Lipinski definition) is 1. The van der Waals surface area contributed by atoms with Crippen molar-refractivity contribution in [1.29, 1.82) is 0 Å². The van der Waals surface area contributed by atoms with Crippen LogP contribution >= 0.6 is 0 Å². The Morgan fingerprint density at radius 2 is 1.47 bits per heavy atom. The van der Waals surface area contributed by atoms with Crippen LogP contribution in [0.2, 0.25) is 0 Å². The lowest BCUT2D eigenvalue weighted by molar-refractivity contribution is 0.0592. The number of phenols is 1. The van der Waals surface area contributed by atoms with Gasteiger partial charge < -0.3 is 9.84 Å². The molecule has 1 heterocycles. The van der Waals surface area contributed by atoms with E-state index >= 15 is 0 Å². The van der Waals surface area contributed by atoms with Gasteiger partial charge in [0, 0.05) is 13.1 Å². The molecule has 164 valence electrons. The fourth-order valence-electron chi connectivity index (χ4n) is 5.10. The standard InChI is InChI=1S/C29H31NO2/c1-21(30-19-4-5-20-30)32-26-17-13-24(14-18-26)29(23-11-15-25(31)16-12-23)28-10-6-8-22-7-2-3-9-27(22)28/h2-3,7,9,11-18,21,31H,4-6,8,10,19-20H2,1H3. The summed E-state index contributed by atoms with van der Waals surface area (Å²) >= 11 is 0. The van der Waals surface area contributed by atoms with Crippen molar-refractivity contribution < 1.29 is 9.84 Å². The van der Waals surface area contributed by atoms with Crippen molar-refractivity contribution in [3.05, 3.63) is 95.1 Å². The normalized spacial score (nSPS) is 18.8. The highest BCUT2D eigenvalue weighted by molar-refractivity contribution is 5.99. The molecule has 0 saturated carbocycles. The molecule has 3 aromatic rings. The molecule has 32 heavy (non-hydrogen) atoms. The fourth-order valence-corrected chi connectivity index (χ4v) is 5.10. The molecule has 1 unspecified atom stereocenters. The van der Waals surface area contributed by atoms with Gasteiger partial charge in [-0.2, -0.15) is 0 Å². The minimum absolute atomic E-state index is 0.100. The summed E-state index contributed by atoms with van der Waals surface area (Å²) in [7, 11) is 0. The first-order valence-electron chi connectivity index (χ1n) is 11.8. The van der Waals surface area contributed by atoms with Gasteiger partial charge in [-0.1, -0.05) is 48.5 Å². The summed E-state index contributed by atoms with van der Waals surface area (Å²) in [6.07, 6.45) is 5.96. The maximum absolute atomic E-state index is 9.85. The molecule has 1 atom stereocenters. The van der Waals surface area contributed by atoms with Crippen LogP contribution in [-0.4, -0.2) is 29.3 Å². The number of ether oxygens (including phenoxy) is 1. The molecule has 0 spiro atoms. The summed E-state index contributed by atoms with van der Waals surface area (Å²) in [6.45, 7) is 4.38. The van der Waals surface area contributed by atoms with Crippen molar-refractivity contribution in [2.75, 3.05) is 13.1 Å². The van der Waals surface area contributed by atoms with Crippen molar-refractivity contribution in [3.63, 3.8) is 0 Å². The lowest BCUT2D eigenvalue weighted by atomic mass is 9.81. The van der Waals surface area contributed by atoms with Gasteiger partial charge in [-0.05, 0) is 96.7 Å². The van der Waals surface area contributed by atoms with Crippen molar-refractivity contribution >= 4 is 11.1 Å². The van der Waals surface area contributed by atoms with Gasteiger partial charge in [0.25, 0.3) is 0 Å². The number of phenolic OH excluding ortho intramolecular Hbond substituents is 1. The Hall–Kier alpha value is -3.04. The molecular weight excluding hydrogens is 394 g/mol. The minimum atomic E-state index is 0.100. The number of allylic oxidation sites excluding steroid dienone is 1. The molecule has 2 aliphatic rings. The van der Waals surface area contributed by atoms with Crippen LogP contribution in [0.1, 0.15) is 54.9 Å². The highest BCUT2D eigenvalue weighted by Gasteiger charge is 2.21. The molecule has 1 saturated heterocycles. The van der Waals surface area contributed by atoms with Crippen molar-refractivity contribution in [1.82, 2.24) is 4.90 Å². The van der Waals surface area contributed by atoms with Crippen molar-refractivity contribution in [3.8, 4) is 11.5 Å². The number of nitrogens with zero attached hydrogens (tertiary/aromatic N) is 1. The average molecular weight is 426 g/mol. The Balaban J connectivity index is 1.53. The average Bonchev–Trinajstić information content (AvgIpc) is 3.37. The summed E-state index contributed by atoms with van der Waals surface area (Å²) in [4.78, 5) is 2.40. The van der Waals surface area contributed by atoms with Gasteiger partial charge in [-0.15, -0.1) is 0 Å². The van der Waals surface area contributed by atoms with E-state index in [4.69, 9.17) is 4.74 Å². The number of aromatic hydroxyl groups is 1. The number of hydrogen-bond acceptors (Lipinski definition) is 3. The molecule has 1 aliphatic carbocycles. The zero-order valence-electron chi connectivity index (χ0n) is 18.8. The van der Waals surface area contributed by atoms with Gasteiger partial charge in [-0.25, -0.2) is 0 Å². The molecule has 1 fully saturated rings. The zero-order chi connectivity index (χ0) is 21.9. The predicted molar refractivity (Wildman–Crippen MR) is 131 cm³/mol. The van der Waals surface area contributed by atoms with Gasteiger partial charge >= 0.3 is 0 Å². The number of aryl methyl sites for hydroxylation is 1. The van der Waals surface area contributed by atoms with Crippen LogP contribution in [0.5, 0.6) is 11.5 Å². The molecule has 5 rings (SSSR count). The second-order valence-corrected chi connectivity index (χ2v) is 8.90. The molecule has 0 aromatic heterocycles. The smallest absolute Gasteiger partial charge is 0.149 e. The Labute approximate surface area is 191 Å². The van der Waals surface area contributed by atoms with E-state index in [-0.39, 0.29) is 6.23 Å². The van der Waals surface area contributed by atoms with E-state index in [0.717, 1.165) is 43.7 Å². The fraction of sp³-hybridized carbons (Fsp3) is 0.310. The molecule has 1 N–H and O–H groups in total. The van der Waals surface area contributed by atoms with E-state index < -0.39 is 0 Å². The maximum Gasteiger partial charge on any atom is 0.149 e. The van der Waals surface area contributed by atoms with Gasteiger partial charge in [0.15, 0.2) is 0 Å². The highest BCUT2D eigenvalue weighted by Crippen LogP contribution is 2.40. The molecule has 3 heteroatoms. The van der Waals surface area contributed by atoms with Gasteiger partial charge in [0.05, 0.1) is 0 Å². The summed E-state index contributed by atoms with van der Waals surface area (Å²) in [5, 5.41) is 9.85. The monoisotopic (exact) mass is 425 g/mol. The molecule has 3 nitrogen and oxygen atoms in total. The summed E-state index contributed by atoms with van der Waals surface area (Å²) in [5.41, 5.74) is 7.72. The van der Waals surface area contributed by atoms with E-state index in [9.17, 15) is 5.11 Å². The predicted octanol–water partition coefficient (Wildman–Crippen LogP) is 6.51. The Morgan fingerprint density at radius 3 is 2.19 bits per heavy atom. The van der Waals surface area contributed by atoms with Crippen molar-refractivity contribution in [2.45, 2.75) is 45.3 Å². The first-order valence-corrected chi connectivity index (χ1v) is 11.8. The second-order valence-electron chi connectivity index (χ2n) is 8.90. The van der Waals surface area contributed by atoms with Crippen LogP contribution in [0.4, 0.5) is 0 Å². The van der Waals surface area contributed by atoms with E-state index in [1.54, 1.807) is 12.1 Å². The van der Waals surface area contributed by atoms with E-state index in [0.29, 0.717) is 5.75 Å². The SMILES string of the molecule is CC(Oc1ccc(C(=C2CCCc3ccccc32)c2ccc(O)cc2)cc1)N1CCCC1. The number of fused-ring (bicyclic) bond motifs is 1. The quantitative estimate of drug-likeness (QED) is 0.506. The minimum Gasteiger partial charge on any atom is -0.508 e. The number of likely N-dealkylation sites (tertiary alicyclic amines) is 1. The largest absolute Gasteiger partial charge is 0.508 e. The van der Waals surface area contributed by atoms with Gasteiger partial charge in [-0.3, -0.25) is 4.90 Å². The summed E-state index contributed by atoms with van der Waals surface area (Å²) in [5.74, 6) is 1.20. The van der Waals surface area contributed by atoms with E-state index in [1.165, 1.54) is 40.7 Å². The molecule has 3 aromatic carbocycles. The molecule has 0 radical (unpaired) electrons. The third kappa shape index (κ3) is 4.31. The van der Waals surface area contributed by atoms with Crippen LogP contribution in [0.15, 0.2) is 72.8 Å². The number of benzene rings is 3. The first kappa shape index (κ1) is 20.8. The Morgan fingerprint density at radius 1 is 0.812 bits per heavy atom. The highest BCUT2D eigenvalue weighted by atomic mass is 16.5. The third-order valence-corrected chi connectivity index (χ3v) is 6.78. The summed E-state index contributed by atoms with van der Waals surface area (Å²) in [6, 6.07) is 24.9. The van der Waals surface area contributed by atoms with Crippen molar-refractivity contribution in [2.24, 2.45) is 0 Å². The van der Waals surface area contributed by atoms with Crippen LogP contribution in [0.25, 0.3) is 11.1 Å². The first-order chi connectivity index (χ1) is 15.7. The van der Waals surface area contributed by atoms with Crippen LogP contribution in [-0.2, 0) is 6.42 Å². The lowest BCUT2D eigenvalue weighted by Crippen LogP contribution is -2.34. The molecule has 0 amide bonds. The van der Waals surface area contributed by atoms with E-state index in [2.05, 4.69) is 60.4 Å². The van der Waals surface area contributed by atoms with Gasteiger partial charge in [0.2, 0.25) is 0 Å². The van der Waals surface area contributed by atoms with E-state index in [1.807, 2.05) is 12.1 Å². The third-order valence-electron chi connectivity index (χ3n) is 6.78. The zero-order valence-corrected chi connectivity index (χ0v) is 18.8. The number of rotatable bonds is 5. The lowest BCUT2D eigenvalue weighted by Gasteiger charge is -2.25. The molecular formula is C29H31NO2. The van der Waals surface area contributed by atoms with Crippen LogP contribution < -0.4 is 4.74 Å². The van der Waals surface area contributed by atoms with Crippen LogP contribution in [0.3, 0.4) is 0 Å². The Kier molecular flexibility index (Phi) is 6.00. The Bertz CT molecular complexity index is 1090. The van der Waals surface area contributed by atoms with Crippen LogP contribution in [0, 0.1) is 0 Å². The topological polar surface area (TPSA) is 32.7 Å². The second kappa shape index (κ2) is 9.22. The maximum atomic E-state index is 9.85. The van der Waals surface area contributed by atoms with Gasteiger partial charge in [0.1, 0.15) is 17.7 Å². The molecule has 0 bridgehead atoms. The summed E-state index contributed by atoms with van der Waals surface area (Å²) < 4.78 is 6.23.